The second-order valence-electron chi connectivity index (χ2n) is 2.57. The Hall–Kier alpha value is -2.10. The Bertz CT molecular complexity index is 422. The molecule has 14 heavy (non-hydrogen) atoms. The van der Waals surface area contributed by atoms with Crippen LogP contribution in [0.25, 0.3) is 0 Å². The summed E-state index contributed by atoms with van der Waals surface area (Å²) in [6.07, 6.45) is 3.82. The SMILES string of the molecule is O=Cc1ccc(Oc2cccnc2)o1. The van der Waals surface area contributed by atoms with Crippen LogP contribution in [0, 0.1) is 0 Å². The van der Waals surface area contributed by atoms with E-state index in [1.54, 1.807) is 36.7 Å². The van der Waals surface area contributed by atoms with E-state index in [-0.39, 0.29) is 11.7 Å². The van der Waals surface area contributed by atoms with Gasteiger partial charge < -0.3 is 9.15 Å². The molecule has 0 radical (unpaired) electrons. The Morgan fingerprint density at radius 2 is 2.29 bits per heavy atom. The molecule has 0 fully saturated rings. The molecular weight excluding hydrogens is 182 g/mol. The molecule has 70 valence electrons. The number of hydrogen-bond acceptors (Lipinski definition) is 4. The van der Waals surface area contributed by atoms with Crippen LogP contribution in [-0.2, 0) is 0 Å². The van der Waals surface area contributed by atoms with E-state index in [9.17, 15) is 4.79 Å². The molecule has 2 rings (SSSR count). The van der Waals surface area contributed by atoms with Gasteiger partial charge in [0.2, 0.25) is 0 Å². The molecule has 0 saturated carbocycles. The summed E-state index contributed by atoms with van der Waals surface area (Å²) in [6, 6.07) is 6.62. The molecule has 0 aliphatic rings. The second-order valence-corrected chi connectivity index (χ2v) is 2.57. The average molecular weight is 189 g/mol. The molecule has 0 unspecified atom stereocenters. The van der Waals surface area contributed by atoms with E-state index in [1.807, 2.05) is 0 Å². The Labute approximate surface area is 80.1 Å². The standard InChI is InChI=1S/C10H7NO3/c12-7-9-3-4-10(14-9)13-8-2-1-5-11-6-8/h1-7H. The fourth-order valence-corrected chi connectivity index (χ4v) is 0.976. The lowest BCUT2D eigenvalue weighted by Crippen LogP contribution is -1.81. The van der Waals surface area contributed by atoms with E-state index < -0.39 is 0 Å². The number of rotatable bonds is 3. The highest BCUT2D eigenvalue weighted by atomic mass is 16.6. The van der Waals surface area contributed by atoms with Gasteiger partial charge in [0.25, 0.3) is 5.95 Å². The smallest absolute Gasteiger partial charge is 0.290 e. The van der Waals surface area contributed by atoms with Crippen molar-refractivity contribution in [1.82, 2.24) is 4.98 Å². The Balaban J connectivity index is 2.15. The van der Waals surface area contributed by atoms with Gasteiger partial charge in [-0.15, -0.1) is 0 Å². The van der Waals surface area contributed by atoms with Gasteiger partial charge in [0.1, 0.15) is 5.75 Å². The molecule has 0 saturated heterocycles. The first-order chi connectivity index (χ1) is 6.88. The molecule has 0 amide bonds. The van der Waals surface area contributed by atoms with Gasteiger partial charge in [-0.05, 0) is 18.2 Å². The predicted molar refractivity (Wildman–Crippen MR) is 48.4 cm³/mol. The van der Waals surface area contributed by atoms with E-state index in [2.05, 4.69) is 4.98 Å². The fourth-order valence-electron chi connectivity index (χ4n) is 0.976. The van der Waals surface area contributed by atoms with Crippen LogP contribution in [-0.4, -0.2) is 11.3 Å². The molecule has 2 heterocycles. The van der Waals surface area contributed by atoms with Gasteiger partial charge in [0.15, 0.2) is 12.0 Å². The van der Waals surface area contributed by atoms with E-state index in [4.69, 9.17) is 9.15 Å². The monoisotopic (exact) mass is 189 g/mol. The number of carbonyl (C=O) groups is 1. The second kappa shape index (κ2) is 3.74. The van der Waals surface area contributed by atoms with Gasteiger partial charge in [0.05, 0.1) is 6.20 Å². The lowest BCUT2D eigenvalue weighted by atomic mass is 10.5. The Morgan fingerprint density at radius 1 is 1.36 bits per heavy atom. The van der Waals surface area contributed by atoms with Crippen molar-refractivity contribution in [2.45, 2.75) is 0 Å². The first-order valence-electron chi connectivity index (χ1n) is 4.01. The number of carbonyl (C=O) groups excluding carboxylic acids is 1. The number of nitrogens with zero attached hydrogens (tertiary/aromatic N) is 1. The quantitative estimate of drug-likeness (QED) is 0.695. The average Bonchev–Trinajstić information content (AvgIpc) is 2.67. The van der Waals surface area contributed by atoms with Crippen molar-refractivity contribution in [1.29, 1.82) is 0 Å². The van der Waals surface area contributed by atoms with Crippen LogP contribution < -0.4 is 4.74 Å². The molecule has 0 aliphatic carbocycles. The summed E-state index contributed by atoms with van der Waals surface area (Å²) in [5.41, 5.74) is 0. The highest BCUT2D eigenvalue weighted by Crippen LogP contribution is 2.21. The van der Waals surface area contributed by atoms with Crippen LogP contribution >= 0.6 is 0 Å². The minimum Gasteiger partial charge on any atom is -0.424 e. The zero-order chi connectivity index (χ0) is 9.80. The number of hydrogen-bond donors (Lipinski definition) is 0. The number of furan rings is 1. The summed E-state index contributed by atoms with van der Waals surface area (Å²) in [6.45, 7) is 0. The molecule has 0 aromatic carbocycles. The predicted octanol–water partition coefficient (Wildman–Crippen LogP) is 2.28. The van der Waals surface area contributed by atoms with Crippen LogP contribution in [0.5, 0.6) is 11.7 Å². The van der Waals surface area contributed by atoms with Gasteiger partial charge in [-0.2, -0.15) is 0 Å². The maximum Gasteiger partial charge on any atom is 0.290 e. The Kier molecular flexibility index (Phi) is 2.27. The molecule has 2 aromatic heterocycles. The minimum absolute atomic E-state index is 0.240. The van der Waals surface area contributed by atoms with Crippen molar-refractivity contribution in [3.8, 4) is 11.7 Å². The zero-order valence-corrected chi connectivity index (χ0v) is 7.21. The third kappa shape index (κ3) is 1.80. The molecule has 4 nitrogen and oxygen atoms in total. The third-order valence-electron chi connectivity index (χ3n) is 1.57. The van der Waals surface area contributed by atoms with E-state index >= 15 is 0 Å². The van der Waals surface area contributed by atoms with E-state index in [0.29, 0.717) is 12.0 Å². The molecule has 0 spiro atoms. The minimum atomic E-state index is 0.240. The highest BCUT2D eigenvalue weighted by molar-refractivity contribution is 5.70. The van der Waals surface area contributed by atoms with Gasteiger partial charge >= 0.3 is 0 Å². The van der Waals surface area contributed by atoms with Crippen LogP contribution in [0.4, 0.5) is 0 Å². The first-order valence-corrected chi connectivity index (χ1v) is 4.01. The van der Waals surface area contributed by atoms with E-state index in [1.165, 1.54) is 0 Å². The molecule has 0 aliphatic heterocycles. The van der Waals surface area contributed by atoms with Crippen LogP contribution in [0.1, 0.15) is 10.6 Å². The molecule has 4 heteroatoms. The van der Waals surface area contributed by atoms with Gasteiger partial charge in [0, 0.05) is 12.3 Å². The topological polar surface area (TPSA) is 52.3 Å². The van der Waals surface area contributed by atoms with Crippen LogP contribution in [0.3, 0.4) is 0 Å². The zero-order valence-electron chi connectivity index (χ0n) is 7.21. The van der Waals surface area contributed by atoms with Crippen LogP contribution in [0.15, 0.2) is 41.1 Å². The van der Waals surface area contributed by atoms with Gasteiger partial charge in [-0.1, -0.05) is 0 Å². The molecule has 0 N–H and O–H groups in total. The van der Waals surface area contributed by atoms with Crippen molar-refractivity contribution in [3.63, 3.8) is 0 Å². The fraction of sp³-hybridized carbons (Fsp3) is 0. The van der Waals surface area contributed by atoms with Crippen molar-refractivity contribution in [3.05, 3.63) is 42.4 Å². The lowest BCUT2D eigenvalue weighted by molar-refractivity contribution is 0.109. The van der Waals surface area contributed by atoms with E-state index in [0.717, 1.165) is 0 Å². The lowest BCUT2D eigenvalue weighted by Gasteiger charge is -1.98. The summed E-state index contributed by atoms with van der Waals surface area (Å²) in [5, 5.41) is 0. The summed E-state index contributed by atoms with van der Waals surface area (Å²) in [4.78, 5) is 14.2. The summed E-state index contributed by atoms with van der Waals surface area (Å²) in [7, 11) is 0. The van der Waals surface area contributed by atoms with Crippen molar-refractivity contribution >= 4 is 6.29 Å². The highest BCUT2D eigenvalue weighted by Gasteiger charge is 2.02. The molecule has 2 aromatic rings. The molecule has 0 bridgehead atoms. The van der Waals surface area contributed by atoms with Crippen molar-refractivity contribution in [2.75, 3.05) is 0 Å². The normalized spacial score (nSPS) is 9.71. The number of aromatic nitrogens is 1. The Morgan fingerprint density at radius 3 is 2.93 bits per heavy atom. The molecular formula is C10H7NO3. The largest absolute Gasteiger partial charge is 0.424 e. The van der Waals surface area contributed by atoms with Crippen molar-refractivity contribution < 1.29 is 13.9 Å². The number of pyridine rings is 1. The third-order valence-corrected chi connectivity index (χ3v) is 1.57. The summed E-state index contributed by atoms with van der Waals surface area (Å²) >= 11 is 0. The maximum absolute atomic E-state index is 10.3. The van der Waals surface area contributed by atoms with Crippen molar-refractivity contribution in [2.24, 2.45) is 0 Å². The van der Waals surface area contributed by atoms with Gasteiger partial charge in [-0.25, -0.2) is 0 Å². The first kappa shape index (κ1) is 8.50. The molecule has 0 atom stereocenters. The summed E-state index contributed by atoms with van der Waals surface area (Å²) < 4.78 is 10.3. The summed E-state index contributed by atoms with van der Waals surface area (Å²) in [5.74, 6) is 1.09. The number of aldehydes is 1. The van der Waals surface area contributed by atoms with Gasteiger partial charge in [-0.3, -0.25) is 9.78 Å². The van der Waals surface area contributed by atoms with Crippen LogP contribution in [0.2, 0.25) is 0 Å². The number of ether oxygens (including phenoxy) is 1. The maximum atomic E-state index is 10.3.